The number of para-hydroxylation sites is 1. The molecule has 0 fully saturated rings. The van der Waals surface area contributed by atoms with Gasteiger partial charge < -0.3 is 15.4 Å². The first-order valence-electron chi connectivity index (χ1n) is 7.13. The van der Waals surface area contributed by atoms with E-state index in [2.05, 4.69) is 20.9 Å². The zero-order valence-electron chi connectivity index (χ0n) is 12.9. The highest BCUT2D eigenvalue weighted by atomic mass is 16.5. The van der Waals surface area contributed by atoms with E-state index in [0.717, 1.165) is 5.69 Å². The van der Waals surface area contributed by atoms with Crippen LogP contribution >= 0.6 is 0 Å². The molecular formula is C16H18N4O3. The van der Waals surface area contributed by atoms with Crippen molar-refractivity contribution in [3.63, 3.8) is 0 Å². The summed E-state index contributed by atoms with van der Waals surface area (Å²) < 4.78 is 4.83. The van der Waals surface area contributed by atoms with Crippen LogP contribution in [0, 0.1) is 0 Å². The van der Waals surface area contributed by atoms with Gasteiger partial charge in [0, 0.05) is 12.6 Å². The predicted molar refractivity (Wildman–Crippen MR) is 88.9 cm³/mol. The number of anilines is 4. The third kappa shape index (κ3) is 4.99. The van der Waals surface area contributed by atoms with Crippen LogP contribution in [-0.4, -0.2) is 23.6 Å². The van der Waals surface area contributed by atoms with Gasteiger partial charge >= 0.3 is 6.09 Å². The number of hydrogen-bond donors (Lipinski definition) is 3. The highest BCUT2D eigenvalue weighted by Gasteiger charge is 2.11. The van der Waals surface area contributed by atoms with Gasteiger partial charge in [-0.3, -0.25) is 10.1 Å². The van der Waals surface area contributed by atoms with Crippen LogP contribution in [0.2, 0.25) is 0 Å². The quantitative estimate of drug-likeness (QED) is 0.787. The predicted octanol–water partition coefficient (Wildman–Crippen LogP) is 3.35. The van der Waals surface area contributed by atoms with E-state index in [-0.39, 0.29) is 18.3 Å². The molecule has 0 aliphatic heterocycles. The molecule has 7 heteroatoms. The van der Waals surface area contributed by atoms with E-state index >= 15 is 0 Å². The zero-order valence-corrected chi connectivity index (χ0v) is 12.9. The molecule has 3 N–H and O–H groups in total. The van der Waals surface area contributed by atoms with Crippen molar-refractivity contribution in [3.05, 3.63) is 42.5 Å². The molecule has 2 rings (SSSR count). The van der Waals surface area contributed by atoms with Gasteiger partial charge in [0.25, 0.3) is 0 Å². The van der Waals surface area contributed by atoms with Crippen LogP contribution in [0.5, 0.6) is 0 Å². The van der Waals surface area contributed by atoms with Crippen molar-refractivity contribution in [2.24, 2.45) is 0 Å². The number of ether oxygens (including phenoxy) is 1. The topological polar surface area (TPSA) is 92.3 Å². The Kier molecular flexibility index (Phi) is 5.51. The van der Waals surface area contributed by atoms with Gasteiger partial charge in [0.2, 0.25) is 5.91 Å². The van der Waals surface area contributed by atoms with Crippen molar-refractivity contribution < 1.29 is 14.3 Å². The molecule has 0 aliphatic carbocycles. The average Bonchev–Trinajstić information content (AvgIpc) is 2.50. The lowest BCUT2D eigenvalue weighted by Crippen LogP contribution is -2.17. The lowest BCUT2D eigenvalue weighted by Gasteiger charge is -2.13. The SMILES string of the molecule is CCOC(=O)Nc1ccc(Nc2ccccc2)nc1NC(C)=O. The first-order valence-corrected chi connectivity index (χ1v) is 7.13. The maximum absolute atomic E-state index is 11.5. The Labute approximate surface area is 134 Å². The molecule has 1 heterocycles. The summed E-state index contributed by atoms with van der Waals surface area (Å²) in [6.45, 7) is 3.33. The summed E-state index contributed by atoms with van der Waals surface area (Å²) in [4.78, 5) is 27.2. The maximum atomic E-state index is 11.5. The molecule has 0 unspecified atom stereocenters. The number of aromatic nitrogens is 1. The molecule has 23 heavy (non-hydrogen) atoms. The van der Waals surface area contributed by atoms with Gasteiger partial charge in [-0.25, -0.2) is 9.78 Å². The molecule has 2 amide bonds. The van der Waals surface area contributed by atoms with E-state index in [1.807, 2.05) is 30.3 Å². The summed E-state index contributed by atoms with van der Waals surface area (Å²) in [5, 5.41) is 8.25. The van der Waals surface area contributed by atoms with E-state index in [9.17, 15) is 9.59 Å². The molecular weight excluding hydrogens is 296 g/mol. The Morgan fingerprint density at radius 3 is 2.48 bits per heavy atom. The van der Waals surface area contributed by atoms with Crippen LogP contribution in [0.4, 0.5) is 27.8 Å². The zero-order chi connectivity index (χ0) is 16.7. The summed E-state index contributed by atoms with van der Waals surface area (Å²) in [5.74, 6) is 0.488. The molecule has 0 saturated carbocycles. The van der Waals surface area contributed by atoms with Crippen molar-refractivity contribution in [3.8, 4) is 0 Å². The van der Waals surface area contributed by atoms with Crippen LogP contribution in [-0.2, 0) is 9.53 Å². The number of pyridine rings is 1. The van der Waals surface area contributed by atoms with Crippen LogP contribution in [0.15, 0.2) is 42.5 Å². The number of carbonyl (C=O) groups is 2. The fraction of sp³-hybridized carbons (Fsp3) is 0.188. The van der Waals surface area contributed by atoms with Gasteiger partial charge in [-0.05, 0) is 31.2 Å². The molecule has 0 bridgehead atoms. The lowest BCUT2D eigenvalue weighted by atomic mass is 10.3. The minimum atomic E-state index is -0.607. The molecule has 2 aromatic rings. The molecule has 0 saturated heterocycles. The van der Waals surface area contributed by atoms with Crippen LogP contribution < -0.4 is 16.0 Å². The van der Waals surface area contributed by atoms with Gasteiger partial charge in [0.15, 0.2) is 5.82 Å². The number of benzene rings is 1. The molecule has 0 aliphatic rings. The molecule has 1 aromatic heterocycles. The molecule has 7 nitrogen and oxygen atoms in total. The Bertz CT molecular complexity index is 689. The fourth-order valence-electron chi connectivity index (χ4n) is 1.84. The number of hydrogen-bond acceptors (Lipinski definition) is 5. The molecule has 120 valence electrons. The van der Waals surface area contributed by atoms with E-state index in [1.54, 1.807) is 19.1 Å². The van der Waals surface area contributed by atoms with Crippen LogP contribution in [0.3, 0.4) is 0 Å². The van der Waals surface area contributed by atoms with Gasteiger partial charge in [-0.2, -0.15) is 0 Å². The monoisotopic (exact) mass is 314 g/mol. The maximum Gasteiger partial charge on any atom is 0.411 e. The normalized spacial score (nSPS) is 9.83. The first-order chi connectivity index (χ1) is 11.1. The van der Waals surface area contributed by atoms with Crippen molar-refractivity contribution in [1.29, 1.82) is 0 Å². The number of rotatable bonds is 5. The Morgan fingerprint density at radius 2 is 1.83 bits per heavy atom. The third-order valence-corrected chi connectivity index (χ3v) is 2.75. The van der Waals surface area contributed by atoms with Gasteiger partial charge in [0.05, 0.1) is 12.3 Å². The highest BCUT2D eigenvalue weighted by molar-refractivity contribution is 5.95. The molecule has 1 aromatic carbocycles. The number of carbonyl (C=O) groups excluding carboxylic acids is 2. The van der Waals surface area contributed by atoms with E-state index < -0.39 is 6.09 Å². The molecule has 0 atom stereocenters. The van der Waals surface area contributed by atoms with Gasteiger partial charge in [0.1, 0.15) is 5.82 Å². The number of nitrogens with zero attached hydrogens (tertiary/aromatic N) is 1. The van der Waals surface area contributed by atoms with Crippen molar-refractivity contribution in [1.82, 2.24) is 4.98 Å². The summed E-state index contributed by atoms with van der Waals surface area (Å²) >= 11 is 0. The summed E-state index contributed by atoms with van der Waals surface area (Å²) in [7, 11) is 0. The molecule has 0 spiro atoms. The lowest BCUT2D eigenvalue weighted by molar-refractivity contribution is -0.114. The Hall–Kier alpha value is -3.09. The number of amides is 2. The second-order valence-electron chi connectivity index (χ2n) is 4.61. The second-order valence-corrected chi connectivity index (χ2v) is 4.61. The summed E-state index contributed by atoms with van der Waals surface area (Å²) in [5.41, 5.74) is 1.22. The van der Waals surface area contributed by atoms with Crippen molar-refractivity contribution in [2.45, 2.75) is 13.8 Å². The molecule has 0 radical (unpaired) electrons. The fourth-order valence-corrected chi connectivity index (χ4v) is 1.84. The van der Waals surface area contributed by atoms with Gasteiger partial charge in [-0.15, -0.1) is 0 Å². The minimum absolute atomic E-state index is 0.242. The Morgan fingerprint density at radius 1 is 1.09 bits per heavy atom. The minimum Gasteiger partial charge on any atom is -0.450 e. The van der Waals surface area contributed by atoms with Gasteiger partial charge in [-0.1, -0.05) is 18.2 Å². The highest BCUT2D eigenvalue weighted by Crippen LogP contribution is 2.24. The van der Waals surface area contributed by atoms with E-state index in [1.165, 1.54) is 6.92 Å². The smallest absolute Gasteiger partial charge is 0.411 e. The summed E-state index contributed by atoms with van der Waals surface area (Å²) in [6.07, 6.45) is -0.607. The summed E-state index contributed by atoms with van der Waals surface area (Å²) in [6, 6.07) is 12.8. The standard InChI is InChI=1S/C16H18N4O3/c1-3-23-16(22)19-13-9-10-14(20-15(13)17-11(2)21)18-12-7-5-4-6-8-12/h4-10H,3H2,1-2H3,(H,19,22)(H2,17,18,20,21). The largest absolute Gasteiger partial charge is 0.450 e. The van der Waals surface area contributed by atoms with Crippen LogP contribution in [0.25, 0.3) is 0 Å². The van der Waals surface area contributed by atoms with E-state index in [4.69, 9.17) is 4.74 Å². The average molecular weight is 314 g/mol. The van der Waals surface area contributed by atoms with Crippen LogP contribution in [0.1, 0.15) is 13.8 Å². The van der Waals surface area contributed by atoms with Crippen molar-refractivity contribution >= 4 is 35.0 Å². The Balaban J connectivity index is 2.22. The van der Waals surface area contributed by atoms with E-state index in [0.29, 0.717) is 11.5 Å². The van der Waals surface area contributed by atoms with Crippen molar-refractivity contribution in [2.75, 3.05) is 22.6 Å². The first kappa shape index (κ1) is 16.3. The second kappa shape index (κ2) is 7.79. The third-order valence-electron chi connectivity index (χ3n) is 2.75. The number of nitrogens with one attached hydrogen (secondary N) is 3.